The van der Waals surface area contributed by atoms with Gasteiger partial charge in [0, 0.05) is 41.9 Å². The molecule has 0 bridgehead atoms. The van der Waals surface area contributed by atoms with Gasteiger partial charge >= 0.3 is 0 Å². The van der Waals surface area contributed by atoms with E-state index in [1.165, 1.54) is 33.6 Å². The Morgan fingerprint density at radius 2 is 2.00 bits per heavy atom. The van der Waals surface area contributed by atoms with Crippen LogP contribution in [-0.2, 0) is 5.41 Å². The van der Waals surface area contributed by atoms with Crippen LogP contribution < -0.4 is 4.90 Å². The first-order valence-electron chi connectivity index (χ1n) is 9.86. The molecule has 5 rings (SSSR count). The third kappa shape index (κ3) is 1.90. The summed E-state index contributed by atoms with van der Waals surface area (Å²) in [7, 11) is 2.19. The molecule has 1 aromatic carbocycles. The molecule has 138 valence electrons. The van der Waals surface area contributed by atoms with Gasteiger partial charge in [-0.1, -0.05) is 45.9 Å². The van der Waals surface area contributed by atoms with Crippen molar-refractivity contribution in [3.05, 3.63) is 66.0 Å². The maximum Gasteiger partial charge on any atom is 0.113 e. The minimum absolute atomic E-state index is 0.00629. The van der Waals surface area contributed by atoms with Gasteiger partial charge in [-0.3, -0.25) is 4.98 Å². The zero-order valence-corrected chi connectivity index (χ0v) is 16.8. The van der Waals surface area contributed by atoms with Gasteiger partial charge < -0.3 is 9.80 Å². The molecular weight excluding hydrogens is 330 g/mol. The Balaban J connectivity index is 1.95. The second-order valence-electron chi connectivity index (χ2n) is 8.93. The molecule has 0 saturated heterocycles. The summed E-state index contributed by atoms with van der Waals surface area (Å²) in [6.45, 7) is 13.5. The average molecular weight is 358 g/mol. The van der Waals surface area contributed by atoms with Crippen LogP contribution in [0.25, 0.3) is 17.0 Å². The standard InChI is InChI=1S/C24H27N3/c1-7-17-23-26(6)13-19-16-9-8-12-25-21(16)20-15(14(2)3)10-11-18(24(17,4)5)22(20)27(19)23/h7-14,17,23H,1H2,2-6H3. The van der Waals surface area contributed by atoms with Crippen molar-refractivity contribution in [1.82, 2.24) is 9.88 Å². The van der Waals surface area contributed by atoms with Crippen LogP contribution in [0.3, 0.4) is 0 Å². The molecule has 0 radical (unpaired) electrons. The number of rotatable bonds is 2. The van der Waals surface area contributed by atoms with Crippen molar-refractivity contribution in [2.75, 3.05) is 11.9 Å². The quantitative estimate of drug-likeness (QED) is 0.675. The van der Waals surface area contributed by atoms with E-state index >= 15 is 0 Å². The fourth-order valence-corrected chi connectivity index (χ4v) is 5.41. The van der Waals surface area contributed by atoms with Crippen molar-refractivity contribution in [2.45, 2.75) is 45.2 Å². The third-order valence-corrected chi connectivity index (χ3v) is 6.76. The lowest BCUT2D eigenvalue weighted by atomic mass is 9.66. The van der Waals surface area contributed by atoms with E-state index in [0.717, 1.165) is 5.69 Å². The van der Waals surface area contributed by atoms with Crippen molar-refractivity contribution < 1.29 is 0 Å². The molecule has 2 aromatic rings. The molecule has 3 heteroatoms. The summed E-state index contributed by atoms with van der Waals surface area (Å²) in [5, 5.41) is 0. The van der Waals surface area contributed by atoms with Crippen LogP contribution in [0.2, 0.25) is 0 Å². The number of aromatic nitrogens is 1. The van der Waals surface area contributed by atoms with E-state index in [1.54, 1.807) is 0 Å². The summed E-state index contributed by atoms with van der Waals surface area (Å²) in [5.41, 5.74) is 9.11. The highest BCUT2D eigenvalue weighted by Gasteiger charge is 2.52. The van der Waals surface area contributed by atoms with Gasteiger partial charge in [0.2, 0.25) is 0 Å². The molecule has 0 saturated carbocycles. The molecule has 0 aliphatic carbocycles. The summed E-state index contributed by atoms with van der Waals surface area (Å²) in [5.74, 6) is 0.782. The normalized spacial score (nSPS) is 23.9. The fraction of sp³-hybridized carbons (Fsp3) is 0.375. The zero-order chi connectivity index (χ0) is 19.1. The highest BCUT2D eigenvalue weighted by Crippen LogP contribution is 2.59. The Labute approximate surface area is 162 Å². The van der Waals surface area contributed by atoms with Gasteiger partial charge in [0.25, 0.3) is 0 Å². The number of pyridine rings is 1. The smallest absolute Gasteiger partial charge is 0.113 e. The van der Waals surface area contributed by atoms with Crippen LogP contribution in [0.4, 0.5) is 5.69 Å². The van der Waals surface area contributed by atoms with E-state index in [4.69, 9.17) is 4.98 Å². The van der Waals surface area contributed by atoms with Crippen LogP contribution in [0.1, 0.15) is 50.3 Å². The van der Waals surface area contributed by atoms with Crippen molar-refractivity contribution in [3.8, 4) is 11.3 Å². The minimum atomic E-state index is 0.00629. The number of benzene rings is 1. The molecule has 3 aliphatic heterocycles. The predicted molar refractivity (Wildman–Crippen MR) is 112 cm³/mol. The lowest BCUT2D eigenvalue weighted by molar-refractivity contribution is 0.206. The SMILES string of the molecule is C=CC1C2N(C)C=C3c4cccnc4-c4c(C(C)C)ccc(c4N32)C1(C)C. The van der Waals surface area contributed by atoms with Crippen LogP contribution in [0.15, 0.2) is 49.3 Å². The summed E-state index contributed by atoms with van der Waals surface area (Å²) < 4.78 is 0. The van der Waals surface area contributed by atoms with Gasteiger partial charge in [-0.15, -0.1) is 6.58 Å². The van der Waals surface area contributed by atoms with Gasteiger partial charge in [-0.05, 0) is 29.2 Å². The Bertz CT molecular complexity index is 999. The number of nitrogens with zero attached hydrogens (tertiary/aromatic N) is 3. The Morgan fingerprint density at radius 3 is 2.70 bits per heavy atom. The summed E-state index contributed by atoms with van der Waals surface area (Å²) in [4.78, 5) is 9.78. The molecule has 2 atom stereocenters. The van der Waals surface area contributed by atoms with E-state index in [0.29, 0.717) is 11.8 Å². The maximum atomic E-state index is 4.86. The molecule has 0 amide bonds. The van der Waals surface area contributed by atoms with Gasteiger partial charge in [-0.25, -0.2) is 0 Å². The first kappa shape index (κ1) is 16.6. The maximum absolute atomic E-state index is 4.86. The minimum Gasteiger partial charge on any atom is -0.358 e. The zero-order valence-electron chi connectivity index (χ0n) is 16.8. The molecule has 2 unspecified atom stereocenters. The summed E-state index contributed by atoms with van der Waals surface area (Å²) in [6.07, 6.45) is 6.62. The molecule has 3 nitrogen and oxygen atoms in total. The Hall–Kier alpha value is -2.55. The van der Waals surface area contributed by atoms with Crippen LogP contribution >= 0.6 is 0 Å². The molecular formula is C24H27N3. The van der Waals surface area contributed by atoms with Crippen molar-refractivity contribution in [2.24, 2.45) is 5.92 Å². The first-order chi connectivity index (χ1) is 12.9. The lowest BCUT2D eigenvalue weighted by Crippen LogP contribution is -2.54. The van der Waals surface area contributed by atoms with Gasteiger partial charge in [0.1, 0.15) is 6.17 Å². The highest BCUT2D eigenvalue weighted by molar-refractivity contribution is 6.02. The Kier molecular flexibility index (Phi) is 3.23. The van der Waals surface area contributed by atoms with Crippen molar-refractivity contribution >= 4 is 11.4 Å². The molecule has 0 fully saturated rings. The Morgan fingerprint density at radius 1 is 1.22 bits per heavy atom. The van der Waals surface area contributed by atoms with Crippen LogP contribution in [0.5, 0.6) is 0 Å². The van der Waals surface area contributed by atoms with E-state index < -0.39 is 0 Å². The number of fused-ring (bicyclic) bond motifs is 3. The predicted octanol–water partition coefficient (Wildman–Crippen LogP) is 5.36. The second-order valence-corrected chi connectivity index (χ2v) is 8.93. The fourth-order valence-electron chi connectivity index (χ4n) is 5.41. The van der Waals surface area contributed by atoms with E-state index in [2.05, 4.69) is 87.7 Å². The largest absolute Gasteiger partial charge is 0.358 e. The highest BCUT2D eigenvalue weighted by atomic mass is 15.4. The molecule has 3 aliphatic rings. The number of hydrogen-bond donors (Lipinski definition) is 0. The molecule has 0 spiro atoms. The third-order valence-electron chi connectivity index (χ3n) is 6.76. The second kappa shape index (κ2) is 5.25. The first-order valence-corrected chi connectivity index (χ1v) is 9.86. The van der Waals surface area contributed by atoms with Crippen molar-refractivity contribution in [3.63, 3.8) is 0 Å². The van der Waals surface area contributed by atoms with Gasteiger partial charge in [-0.2, -0.15) is 0 Å². The average Bonchev–Trinajstić information content (AvgIpc) is 2.98. The lowest BCUT2D eigenvalue weighted by Gasteiger charge is -2.52. The summed E-state index contributed by atoms with van der Waals surface area (Å²) in [6, 6.07) is 8.95. The molecule has 0 N–H and O–H groups in total. The summed E-state index contributed by atoms with van der Waals surface area (Å²) >= 11 is 0. The van der Waals surface area contributed by atoms with Crippen LogP contribution in [-0.4, -0.2) is 23.1 Å². The van der Waals surface area contributed by atoms with E-state index in [-0.39, 0.29) is 11.6 Å². The molecule has 27 heavy (non-hydrogen) atoms. The van der Waals surface area contributed by atoms with Gasteiger partial charge in [0.15, 0.2) is 0 Å². The van der Waals surface area contributed by atoms with E-state index in [9.17, 15) is 0 Å². The topological polar surface area (TPSA) is 19.4 Å². The number of anilines is 1. The van der Waals surface area contributed by atoms with Crippen molar-refractivity contribution in [1.29, 1.82) is 0 Å². The monoisotopic (exact) mass is 357 g/mol. The number of hydrogen-bond acceptors (Lipinski definition) is 3. The van der Waals surface area contributed by atoms with E-state index in [1.807, 2.05) is 6.20 Å². The molecule has 4 heterocycles. The van der Waals surface area contributed by atoms with Crippen LogP contribution in [0, 0.1) is 5.92 Å². The van der Waals surface area contributed by atoms with Gasteiger partial charge in [0.05, 0.1) is 17.1 Å². The molecule has 1 aromatic heterocycles.